The Morgan fingerprint density at radius 2 is 1.88 bits per heavy atom. The van der Waals surface area contributed by atoms with Crippen LogP contribution in [-0.4, -0.2) is 32.6 Å². The van der Waals surface area contributed by atoms with Gasteiger partial charge in [-0.1, -0.05) is 30.3 Å². The highest BCUT2D eigenvalue weighted by Gasteiger charge is 2.26. The van der Waals surface area contributed by atoms with Gasteiger partial charge in [-0.05, 0) is 25.7 Å². The van der Waals surface area contributed by atoms with Crippen molar-refractivity contribution in [2.45, 2.75) is 38.3 Å². The Balaban J connectivity index is 1.57. The molecule has 2 aromatic rings. The Kier molecular flexibility index (Phi) is 4.93. The maximum Gasteiger partial charge on any atom is 0.306 e. The van der Waals surface area contributed by atoms with Gasteiger partial charge in [-0.25, -0.2) is 4.98 Å². The van der Waals surface area contributed by atoms with E-state index in [0.29, 0.717) is 12.8 Å². The first-order valence-corrected chi connectivity index (χ1v) is 8.22. The van der Waals surface area contributed by atoms with E-state index in [1.807, 2.05) is 34.9 Å². The van der Waals surface area contributed by atoms with Crippen LogP contribution in [0, 0.1) is 5.92 Å². The van der Waals surface area contributed by atoms with Gasteiger partial charge in [0.15, 0.2) is 0 Å². The summed E-state index contributed by atoms with van der Waals surface area (Å²) in [7, 11) is 0. The largest absolute Gasteiger partial charge is 0.481 e. The molecule has 6 nitrogen and oxygen atoms in total. The number of imidazole rings is 1. The minimum Gasteiger partial charge on any atom is -0.481 e. The minimum absolute atomic E-state index is 0.0658. The molecule has 0 aliphatic heterocycles. The number of carbonyl (C=O) groups is 2. The van der Waals surface area contributed by atoms with Crippen molar-refractivity contribution in [2.75, 3.05) is 0 Å². The van der Waals surface area contributed by atoms with Crippen molar-refractivity contribution in [1.82, 2.24) is 14.9 Å². The molecule has 24 heavy (non-hydrogen) atoms. The number of carbonyl (C=O) groups excluding carboxylic acids is 1. The van der Waals surface area contributed by atoms with Gasteiger partial charge in [0.2, 0.25) is 5.91 Å². The van der Waals surface area contributed by atoms with Crippen LogP contribution < -0.4 is 5.32 Å². The lowest BCUT2D eigenvalue weighted by molar-refractivity contribution is -0.142. The smallest absolute Gasteiger partial charge is 0.306 e. The van der Waals surface area contributed by atoms with Crippen molar-refractivity contribution >= 4 is 11.9 Å². The van der Waals surface area contributed by atoms with E-state index in [-0.39, 0.29) is 24.4 Å². The van der Waals surface area contributed by atoms with Crippen LogP contribution in [0.25, 0.3) is 11.4 Å². The molecular formula is C18H21N3O3. The second-order valence-corrected chi connectivity index (χ2v) is 6.20. The molecule has 0 saturated heterocycles. The van der Waals surface area contributed by atoms with Crippen LogP contribution in [-0.2, 0) is 16.1 Å². The second-order valence-electron chi connectivity index (χ2n) is 6.20. The molecule has 1 aliphatic carbocycles. The van der Waals surface area contributed by atoms with E-state index in [1.165, 1.54) is 0 Å². The van der Waals surface area contributed by atoms with E-state index in [2.05, 4.69) is 10.3 Å². The number of benzene rings is 1. The third-order valence-electron chi connectivity index (χ3n) is 4.50. The summed E-state index contributed by atoms with van der Waals surface area (Å²) in [5, 5.41) is 12.0. The molecule has 0 bridgehead atoms. The zero-order valence-corrected chi connectivity index (χ0v) is 13.4. The summed E-state index contributed by atoms with van der Waals surface area (Å²) in [6, 6.07) is 9.81. The topological polar surface area (TPSA) is 84.2 Å². The molecule has 1 fully saturated rings. The minimum atomic E-state index is -0.731. The highest BCUT2D eigenvalue weighted by Crippen LogP contribution is 2.24. The first-order chi connectivity index (χ1) is 11.6. The van der Waals surface area contributed by atoms with Gasteiger partial charge in [-0.3, -0.25) is 9.59 Å². The standard InChI is InChI=1S/C18H21N3O3/c22-16(20-15-8-6-14(7-9-15)18(23)24)12-21-11-10-19-17(21)13-4-2-1-3-5-13/h1-5,10-11,14-15H,6-9,12H2,(H,20,22)(H,23,24). The molecule has 1 aliphatic rings. The zero-order valence-electron chi connectivity index (χ0n) is 13.4. The number of amides is 1. The lowest BCUT2D eigenvalue weighted by atomic mass is 9.86. The molecule has 1 heterocycles. The number of carboxylic acids is 1. The van der Waals surface area contributed by atoms with Gasteiger partial charge >= 0.3 is 5.97 Å². The van der Waals surface area contributed by atoms with E-state index in [4.69, 9.17) is 5.11 Å². The van der Waals surface area contributed by atoms with Crippen molar-refractivity contribution in [3.8, 4) is 11.4 Å². The summed E-state index contributed by atoms with van der Waals surface area (Å²) in [5.41, 5.74) is 0.970. The van der Waals surface area contributed by atoms with Crippen LogP contribution in [0.3, 0.4) is 0 Å². The van der Waals surface area contributed by atoms with Crippen molar-refractivity contribution < 1.29 is 14.7 Å². The Bertz CT molecular complexity index is 703. The third kappa shape index (κ3) is 3.82. The van der Waals surface area contributed by atoms with E-state index >= 15 is 0 Å². The number of nitrogens with zero attached hydrogens (tertiary/aromatic N) is 2. The van der Waals surface area contributed by atoms with E-state index < -0.39 is 5.97 Å². The molecule has 0 spiro atoms. The normalized spacial score (nSPS) is 20.5. The number of nitrogens with one attached hydrogen (secondary N) is 1. The fourth-order valence-electron chi connectivity index (χ4n) is 3.20. The Labute approximate surface area is 140 Å². The fourth-order valence-corrected chi connectivity index (χ4v) is 3.20. The van der Waals surface area contributed by atoms with Gasteiger partial charge in [0.05, 0.1) is 5.92 Å². The highest BCUT2D eigenvalue weighted by atomic mass is 16.4. The van der Waals surface area contributed by atoms with Crippen LogP contribution in [0.4, 0.5) is 0 Å². The van der Waals surface area contributed by atoms with Gasteiger partial charge < -0.3 is 15.0 Å². The van der Waals surface area contributed by atoms with Crippen molar-refractivity contribution in [1.29, 1.82) is 0 Å². The van der Waals surface area contributed by atoms with Crippen LogP contribution in [0.1, 0.15) is 25.7 Å². The molecule has 1 aromatic carbocycles. The second kappa shape index (κ2) is 7.29. The average molecular weight is 327 g/mol. The first kappa shape index (κ1) is 16.2. The Morgan fingerprint density at radius 1 is 1.17 bits per heavy atom. The number of rotatable bonds is 5. The number of hydrogen-bond donors (Lipinski definition) is 2. The summed E-state index contributed by atoms with van der Waals surface area (Å²) < 4.78 is 1.83. The molecule has 1 amide bonds. The number of aromatic nitrogens is 2. The number of aliphatic carboxylic acids is 1. The monoisotopic (exact) mass is 327 g/mol. The molecule has 1 aromatic heterocycles. The molecule has 0 atom stereocenters. The predicted octanol–water partition coefficient (Wildman–Crippen LogP) is 2.31. The maximum atomic E-state index is 12.3. The summed E-state index contributed by atoms with van der Waals surface area (Å²) in [5.74, 6) is -0.300. The van der Waals surface area contributed by atoms with Crippen LogP contribution in [0.2, 0.25) is 0 Å². The van der Waals surface area contributed by atoms with Crippen molar-refractivity contribution in [2.24, 2.45) is 5.92 Å². The molecular weight excluding hydrogens is 306 g/mol. The van der Waals surface area contributed by atoms with Gasteiger partial charge in [0.1, 0.15) is 12.4 Å². The van der Waals surface area contributed by atoms with Crippen LogP contribution in [0.15, 0.2) is 42.7 Å². The molecule has 0 radical (unpaired) electrons. The summed E-state index contributed by atoms with van der Waals surface area (Å²) in [4.78, 5) is 27.6. The Morgan fingerprint density at radius 3 is 2.54 bits per heavy atom. The van der Waals surface area contributed by atoms with Crippen LogP contribution in [0.5, 0.6) is 0 Å². The van der Waals surface area contributed by atoms with Crippen molar-refractivity contribution in [3.63, 3.8) is 0 Å². The molecule has 3 rings (SSSR count). The van der Waals surface area contributed by atoms with E-state index in [1.54, 1.807) is 12.4 Å². The van der Waals surface area contributed by atoms with E-state index in [9.17, 15) is 9.59 Å². The first-order valence-electron chi connectivity index (χ1n) is 8.22. The lowest BCUT2D eigenvalue weighted by Gasteiger charge is -2.26. The number of hydrogen-bond acceptors (Lipinski definition) is 3. The van der Waals surface area contributed by atoms with Gasteiger partial charge in [0, 0.05) is 24.0 Å². The zero-order chi connectivity index (χ0) is 16.9. The van der Waals surface area contributed by atoms with Crippen LogP contribution >= 0.6 is 0 Å². The maximum absolute atomic E-state index is 12.3. The molecule has 0 unspecified atom stereocenters. The van der Waals surface area contributed by atoms with E-state index in [0.717, 1.165) is 24.2 Å². The lowest BCUT2D eigenvalue weighted by Crippen LogP contribution is -2.40. The van der Waals surface area contributed by atoms with Gasteiger partial charge in [-0.2, -0.15) is 0 Å². The quantitative estimate of drug-likeness (QED) is 0.882. The Hall–Kier alpha value is -2.63. The third-order valence-corrected chi connectivity index (χ3v) is 4.50. The van der Waals surface area contributed by atoms with Crippen molar-refractivity contribution in [3.05, 3.63) is 42.7 Å². The molecule has 2 N–H and O–H groups in total. The summed E-state index contributed by atoms with van der Waals surface area (Å²) >= 11 is 0. The predicted molar refractivity (Wildman–Crippen MR) is 89.2 cm³/mol. The summed E-state index contributed by atoms with van der Waals surface area (Å²) in [6.45, 7) is 0.211. The summed E-state index contributed by atoms with van der Waals surface area (Å²) in [6.07, 6.45) is 6.18. The molecule has 6 heteroatoms. The SMILES string of the molecule is O=C(Cn1ccnc1-c1ccccc1)NC1CCC(C(=O)O)CC1. The number of carboxylic acid groups (broad SMARTS) is 1. The van der Waals surface area contributed by atoms with Gasteiger partial charge in [-0.15, -0.1) is 0 Å². The fraction of sp³-hybridized carbons (Fsp3) is 0.389. The average Bonchev–Trinajstić information content (AvgIpc) is 3.04. The molecule has 126 valence electrons. The molecule has 1 saturated carbocycles. The van der Waals surface area contributed by atoms with Gasteiger partial charge in [0.25, 0.3) is 0 Å². The highest BCUT2D eigenvalue weighted by molar-refractivity contribution is 5.77.